The van der Waals surface area contributed by atoms with Crippen LogP contribution in [0.4, 0.5) is 0 Å². The van der Waals surface area contributed by atoms with E-state index in [1.807, 2.05) is 6.08 Å². The van der Waals surface area contributed by atoms with Gasteiger partial charge >= 0.3 is 0 Å². The summed E-state index contributed by atoms with van der Waals surface area (Å²) in [4.78, 5) is 0. The predicted octanol–water partition coefficient (Wildman–Crippen LogP) is 3.88. The van der Waals surface area contributed by atoms with E-state index in [0.29, 0.717) is 0 Å². The summed E-state index contributed by atoms with van der Waals surface area (Å²) in [5.41, 5.74) is 2.76. The van der Waals surface area contributed by atoms with Crippen LogP contribution in [0.1, 0.15) is 30.4 Å². The third-order valence-electron chi connectivity index (χ3n) is 3.01. The minimum Gasteiger partial charge on any atom is -0.494 e. The largest absolute Gasteiger partial charge is 0.494 e. The zero-order valence-corrected chi connectivity index (χ0v) is 10.2. The van der Waals surface area contributed by atoms with Crippen LogP contribution in [0.5, 0.6) is 5.75 Å². The lowest BCUT2D eigenvalue weighted by molar-refractivity contribution is 0.307. The van der Waals surface area contributed by atoms with Gasteiger partial charge in [-0.05, 0) is 61.4 Å². The molecule has 0 N–H and O–H groups in total. The normalized spacial score (nSPS) is 13.2. The molecule has 0 heterocycles. The first-order valence-electron chi connectivity index (χ1n) is 6.30. The van der Waals surface area contributed by atoms with Crippen molar-refractivity contribution >= 4 is 0 Å². The van der Waals surface area contributed by atoms with E-state index < -0.39 is 0 Å². The smallest absolute Gasteiger partial charge is 0.119 e. The van der Waals surface area contributed by atoms with Crippen LogP contribution in [0.15, 0.2) is 36.9 Å². The van der Waals surface area contributed by atoms with E-state index in [1.54, 1.807) is 0 Å². The lowest BCUT2D eigenvalue weighted by atomic mass is 9.97. The highest BCUT2D eigenvalue weighted by atomic mass is 16.5. The number of hydrogen-bond acceptors (Lipinski definition) is 1. The van der Waals surface area contributed by atoms with Crippen LogP contribution in [-0.2, 0) is 12.8 Å². The van der Waals surface area contributed by atoms with E-state index in [0.717, 1.165) is 44.5 Å². The van der Waals surface area contributed by atoms with E-state index >= 15 is 0 Å². The molecule has 1 aromatic rings. The molecule has 0 atom stereocenters. The van der Waals surface area contributed by atoms with Crippen LogP contribution < -0.4 is 4.74 Å². The fourth-order valence-corrected chi connectivity index (χ4v) is 2.00. The summed E-state index contributed by atoms with van der Waals surface area (Å²) in [6.45, 7) is 4.51. The van der Waals surface area contributed by atoms with Gasteiger partial charge in [-0.15, -0.1) is 6.58 Å². The number of ether oxygens (including phenoxy) is 1. The van der Waals surface area contributed by atoms with Crippen LogP contribution in [-0.4, -0.2) is 6.61 Å². The molecule has 0 amide bonds. The first-order chi connectivity index (χ1) is 8.40. The molecule has 1 heteroatoms. The Morgan fingerprint density at radius 3 is 3.12 bits per heavy atom. The van der Waals surface area contributed by atoms with Crippen LogP contribution in [0.2, 0.25) is 0 Å². The maximum atomic E-state index is 5.75. The van der Waals surface area contributed by atoms with Gasteiger partial charge in [0.2, 0.25) is 0 Å². The molecule has 0 fully saturated rings. The zero-order chi connectivity index (χ0) is 11.9. The van der Waals surface area contributed by atoms with Crippen molar-refractivity contribution in [2.75, 3.05) is 6.61 Å². The van der Waals surface area contributed by atoms with Crippen molar-refractivity contribution in [2.24, 2.45) is 0 Å². The van der Waals surface area contributed by atoms with Gasteiger partial charge in [0.05, 0.1) is 6.61 Å². The fourth-order valence-electron chi connectivity index (χ4n) is 2.00. The van der Waals surface area contributed by atoms with Gasteiger partial charge in [0.1, 0.15) is 5.75 Å². The van der Waals surface area contributed by atoms with Crippen molar-refractivity contribution in [3.63, 3.8) is 0 Å². The first-order valence-corrected chi connectivity index (χ1v) is 6.30. The lowest BCUT2D eigenvalue weighted by Gasteiger charge is -2.13. The predicted molar refractivity (Wildman–Crippen MR) is 71.2 cm³/mol. The van der Waals surface area contributed by atoms with E-state index in [-0.39, 0.29) is 0 Å². The molecule has 0 saturated heterocycles. The average Bonchev–Trinajstić information content (AvgIpc) is 2.38. The molecule has 1 radical (unpaired) electrons. The van der Waals surface area contributed by atoms with E-state index in [2.05, 4.69) is 36.9 Å². The molecule has 1 aromatic carbocycles. The van der Waals surface area contributed by atoms with Crippen molar-refractivity contribution in [1.82, 2.24) is 0 Å². The fraction of sp³-hybridized carbons (Fsp3) is 0.375. The number of fused-ring (bicyclic) bond motifs is 1. The highest BCUT2D eigenvalue weighted by Gasteiger charge is 2.06. The molecule has 1 aliphatic rings. The van der Waals surface area contributed by atoms with Crippen molar-refractivity contribution in [2.45, 2.75) is 32.1 Å². The molecule has 0 saturated carbocycles. The van der Waals surface area contributed by atoms with E-state index in [4.69, 9.17) is 4.74 Å². The second kappa shape index (κ2) is 6.29. The minimum absolute atomic E-state index is 0.800. The summed E-state index contributed by atoms with van der Waals surface area (Å²) < 4.78 is 5.75. The molecule has 0 aromatic heterocycles. The monoisotopic (exact) mass is 227 g/mol. The van der Waals surface area contributed by atoms with Crippen molar-refractivity contribution < 1.29 is 4.74 Å². The molecule has 1 aliphatic carbocycles. The third kappa shape index (κ3) is 3.48. The second-order valence-electron chi connectivity index (χ2n) is 4.35. The third-order valence-corrected chi connectivity index (χ3v) is 3.01. The molecule has 1 nitrogen and oxygen atoms in total. The highest BCUT2D eigenvalue weighted by Crippen LogP contribution is 2.22. The topological polar surface area (TPSA) is 9.23 Å². The molecule has 89 valence electrons. The summed E-state index contributed by atoms with van der Waals surface area (Å²) >= 11 is 0. The Bertz CT molecular complexity index is 404. The Labute approximate surface area is 104 Å². The van der Waals surface area contributed by atoms with E-state index in [9.17, 15) is 0 Å². The van der Waals surface area contributed by atoms with Gasteiger partial charge in [0.25, 0.3) is 0 Å². The number of rotatable bonds is 6. The molecule has 0 aliphatic heterocycles. The first kappa shape index (κ1) is 12.0. The Morgan fingerprint density at radius 1 is 1.29 bits per heavy atom. The van der Waals surface area contributed by atoms with Gasteiger partial charge in [-0.25, -0.2) is 0 Å². The number of unbranched alkanes of at least 4 members (excludes halogenated alkanes) is 2. The summed E-state index contributed by atoms with van der Waals surface area (Å²) in [6.07, 6.45) is 12.6. The van der Waals surface area contributed by atoms with Gasteiger partial charge in [0.15, 0.2) is 0 Å². The Morgan fingerprint density at radius 2 is 2.24 bits per heavy atom. The summed E-state index contributed by atoms with van der Waals surface area (Å²) in [7, 11) is 0. The molecule has 0 unspecified atom stereocenters. The van der Waals surface area contributed by atoms with Crippen molar-refractivity contribution in [1.29, 1.82) is 0 Å². The van der Waals surface area contributed by atoms with Gasteiger partial charge in [-0.2, -0.15) is 0 Å². The molecule has 17 heavy (non-hydrogen) atoms. The highest BCUT2D eigenvalue weighted by molar-refractivity contribution is 5.39. The molecular weight excluding hydrogens is 208 g/mol. The SMILES string of the molecule is C=CCCCCOc1ccc2c(c1)CC=[C]C2. The van der Waals surface area contributed by atoms with Gasteiger partial charge in [0, 0.05) is 0 Å². The molecule has 2 rings (SSSR count). The maximum absolute atomic E-state index is 5.75. The Kier molecular flexibility index (Phi) is 4.43. The minimum atomic E-state index is 0.800. The van der Waals surface area contributed by atoms with E-state index in [1.165, 1.54) is 11.1 Å². The number of benzene rings is 1. The van der Waals surface area contributed by atoms with Crippen LogP contribution in [0.25, 0.3) is 0 Å². The van der Waals surface area contributed by atoms with Gasteiger partial charge < -0.3 is 4.74 Å². The van der Waals surface area contributed by atoms with Crippen LogP contribution >= 0.6 is 0 Å². The summed E-state index contributed by atoms with van der Waals surface area (Å²) in [6, 6.07) is 6.40. The Hall–Kier alpha value is -1.50. The quantitative estimate of drug-likeness (QED) is 0.529. The maximum Gasteiger partial charge on any atom is 0.119 e. The van der Waals surface area contributed by atoms with Gasteiger partial charge in [-0.3, -0.25) is 0 Å². The number of hydrogen-bond donors (Lipinski definition) is 0. The van der Waals surface area contributed by atoms with Gasteiger partial charge in [-0.1, -0.05) is 18.2 Å². The average molecular weight is 227 g/mol. The summed E-state index contributed by atoms with van der Waals surface area (Å²) in [5.74, 6) is 0.998. The van der Waals surface area contributed by atoms with Crippen molar-refractivity contribution in [3.05, 3.63) is 54.1 Å². The standard InChI is InChI=1S/C16H19O/c1-2-3-4-7-12-17-16-11-10-14-8-5-6-9-15(14)13-16/h2,6,10-11,13H,1,3-4,7-9,12H2. The van der Waals surface area contributed by atoms with Crippen LogP contribution in [0, 0.1) is 6.08 Å². The lowest BCUT2D eigenvalue weighted by Crippen LogP contribution is -2.01. The number of allylic oxidation sites excluding steroid dienone is 3. The molecule has 0 spiro atoms. The summed E-state index contributed by atoms with van der Waals surface area (Å²) in [5, 5.41) is 0. The molecule has 0 bridgehead atoms. The Balaban J connectivity index is 1.83. The van der Waals surface area contributed by atoms with Crippen molar-refractivity contribution in [3.8, 4) is 5.75 Å². The second-order valence-corrected chi connectivity index (χ2v) is 4.35. The van der Waals surface area contributed by atoms with Crippen LogP contribution in [0.3, 0.4) is 0 Å². The molecular formula is C16H19O. The zero-order valence-electron chi connectivity index (χ0n) is 10.2.